The fourth-order valence-corrected chi connectivity index (χ4v) is 4.65. The van der Waals surface area contributed by atoms with Crippen LogP contribution in [0.2, 0.25) is 0 Å². The van der Waals surface area contributed by atoms with Crippen molar-refractivity contribution >= 4 is 38.7 Å². The molecule has 7 nitrogen and oxygen atoms in total. The van der Waals surface area contributed by atoms with Crippen LogP contribution in [0.5, 0.6) is 11.5 Å². The number of methoxy groups -OCH3 is 2. The fraction of sp³-hybridized carbons (Fsp3) is 0.423. The Morgan fingerprint density at radius 1 is 1.12 bits per heavy atom. The van der Waals surface area contributed by atoms with Crippen LogP contribution in [-0.4, -0.2) is 43.2 Å². The summed E-state index contributed by atoms with van der Waals surface area (Å²) in [4.78, 5) is 20.5. The van der Waals surface area contributed by atoms with Gasteiger partial charge in [-0.3, -0.25) is 4.79 Å². The summed E-state index contributed by atoms with van der Waals surface area (Å²) in [5.41, 5.74) is 2.22. The topological polar surface area (TPSA) is 69.0 Å². The van der Waals surface area contributed by atoms with E-state index in [-0.39, 0.29) is 11.5 Å². The minimum absolute atomic E-state index is 0.0656. The fourth-order valence-electron chi connectivity index (χ4n) is 4.29. The van der Waals surface area contributed by atoms with E-state index < -0.39 is 0 Å². The number of hydrogen-bond donors (Lipinski definition) is 0. The van der Waals surface area contributed by atoms with Gasteiger partial charge in [-0.25, -0.2) is 4.98 Å². The van der Waals surface area contributed by atoms with Crippen LogP contribution < -0.4 is 19.9 Å². The third-order valence-corrected chi connectivity index (χ3v) is 6.92. The highest BCUT2D eigenvalue weighted by Gasteiger charge is 2.19. The molecule has 3 aromatic rings. The largest absolute Gasteiger partial charge is 0.496 e. The Labute approximate surface area is 208 Å². The van der Waals surface area contributed by atoms with Gasteiger partial charge >= 0.3 is 0 Å². The average Bonchev–Trinajstić information content (AvgIpc) is 2.87. The maximum absolute atomic E-state index is 13.4. The molecule has 180 valence electrons. The molecule has 2 heterocycles. The van der Waals surface area contributed by atoms with Crippen LogP contribution >= 0.6 is 15.9 Å². The number of aromatic nitrogens is 2. The van der Waals surface area contributed by atoms with Crippen molar-refractivity contribution in [1.82, 2.24) is 9.66 Å². The molecule has 8 heteroatoms. The molecule has 0 radical (unpaired) electrons. The van der Waals surface area contributed by atoms with E-state index in [1.165, 1.54) is 23.9 Å². The SMILES string of the molecule is CC[C@@H](C)c1nc2ccc(Br)cc2c(=O)n1N=Cc1cc(OC)c(N2CCCCC2)cc1OC. The van der Waals surface area contributed by atoms with Crippen molar-refractivity contribution in [2.75, 3.05) is 32.2 Å². The molecule has 0 aliphatic carbocycles. The van der Waals surface area contributed by atoms with E-state index in [4.69, 9.17) is 14.5 Å². The van der Waals surface area contributed by atoms with Crippen LogP contribution in [0.3, 0.4) is 0 Å². The molecule has 1 aromatic heterocycles. The molecular formula is C26H31BrN4O3. The van der Waals surface area contributed by atoms with E-state index >= 15 is 0 Å². The minimum atomic E-state index is -0.200. The third kappa shape index (κ3) is 4.82. The molecule has 1 atom stereocenters. The first kappa shape index (κ1) is 24.3. The molecule has 0 saturated carbocycles. The molecule has 0 N–H and O–H groups in total. The normalized spacial score (nSPS) is 15.1. The van der Waals surface area contributed by atoms with Gasteiger partial charge in [0.15, 0.2) is 0 Å². The molecule has 1 saturated heterocycles. The molecule has 0 amide bonds. The Kier molecular flexibility index (Phi) is 7.56. The second-order valence-corrected chi connectivity index (χ2v) is 9.53. The Balaban J connectivity index is 1.82. The van der Waals surface area contributed by atoms with Crippen LogP contribution in [0.15, 0.2) is 44.7 Å². The quantitative estimate of drug-likeness (QED) is 0.377. The van der Waals surface area contributed by atoms with Crippen LogP contribution in [0.25, 0.3) is 10.9 Å². The minimum Gasteiger partial charge on any atom is -0.496 e. The van der Waals surface area contributed by atoms with Gasteiger partial charge in [-0.15, -0.1) is 0 Å². The van der Waals surface area contributed by atoms with Gasteiger partial charge in [0, 0.05) is 35.1 Å². The second kappa shape index (κ2) is 10.6. The van der Waals surface area contributed by atoms with E-state index in [1.54, 1.807) is 26.5 Å². The van der Waals surface area contributed by atoms with Crippen molar-refractivity contribution in [3.63, 3.8) is 0 Å². The van der Waals surface area contributed by atoms with Crippen molar-refractivity contribution in [3.05, 3.63) is 56.5 Å². The molecular weight excluding hydrogens is 496 g/mol. The first-order valence-electron chi connectivity index (χ1n) is 11.7. The van der Waals surface area contributed by atoms with Gasteiger partial charge in [-0.1, -0.05) is 29.8 Å². The molecule has 1 aliphatic heterocycles. The molecule has 0 unspecified atom stereocenters. The van der Waals surface area contributed by atoms with Crippen molar-refractivity contribution in [2.24, 2.45) is 5.10 Å². The number of piperidine rings is 1. The zero-order valence-corrected chi connectivity index (χ0v) is 21.8. The predicted molar refractivity (Wildman–Crippen MR) is 141 cm³/mol. The zero-order valence-electron chi connectivity index (χ0n) is 20.2. The van der Waals surface area contributed by atoms with Crippen molar-refractivity contribution in [2.45, 2.75) is 45.4 Å². The Bertz CT molecular complexity index is 1270. The lowest BCUT2D eigenvalue weighted by atomic mass is 10.1. The number of benzene rings is 2. The standard InChI is InChI=1S/C26H31BrN4O3/c1-5-17(2)25-29-21-10-9-19(27)14-20(21)26(32)31(25)28-16-18-13-24(34-4)22(15-23(18)33-3)30-11-7-6-8-12-30/h9-10,13-17H,5-8,11-12H2,1-4H3/t17-/m1/s1. The summed E-state index contributed by atoms with van der Waals surface area (Å²) in [6.45, 7) is 6.12. The van der Waals surface area contributed by atoms with Crippen molar-refractivity contribution < 1.29 is 9.47 Å². The summed E-state index contributed by atoms with van der Waals surface area (Å²) in [7, 11) is 3.32. The van der Waals surface area contributed by atoms with E-state index in [1.807, 2.05) is 24.3 Å². The van der Waals surface area contributed by atoms with E-state index in [2.05, 4.69) is 39.8 Å². The number of hydrogen-bond acceptors (Lipinski definition) is 6. The number of rotatable bonds is 7. The molecule has 1 aliphatic rings. The maximum atomic E-state index is 13.4. The van der Waals surface area contributed by atoms with Gasteiger partial charge in [-0.2, -0.15) is 9.78 Å². The molecule has 1 fully saturated rings. The van der Waals surface area contributed by atoms with Crippen molar-refractivity contribution in [1.29, 1.82) is 0 Å². The molecule has 2 aromatic carbocycles. The van der Waals surface area contributed by atoms with Gasteiger partial charge in [0.1, 0.15) is 17.3 Å². The van der Waals surface area contributed by atoms with Gasteiger partial charge in [-0.05, 0) is 49.9 Å². The number of fused-ring (bicyclic) bond motifs is 1. The van der Waals surface area contributed by atoms with E-state index in [0.717, 1.165) is 41.0 Å². The summed E-state index contributed by atoms with van der Waals surface area (Å²) in [6, 6.07) is 9.46. The monoisotopic (exact) mass is 526 g/mol. The van der Waals surface area contributed by atoms with Gasteiger partial charge in [0.2, 0.25) is 0 Å². The van der Waals surface area contributed by atoms with Crippen LogP contribution in [-0.2, 0) is 0 Å². The summed E-state index contributed by atoms with van der Waals surface area (Å²) in [5.74, 6) is 2.14. The number of nitrogens with zero attached hydrogens (tertiary/aromatic N) is 4. The van der Waals surface area contributed by atoms with Crippen molar-refractivity contribution in [3.8, 4) is 11.5 Å². The number of halogens is 1. The highest BCUT2D eigenvalue weighted by atomic mass is 79.9. The molecule has 4 rings (SSSR count). The van der Waals surface area contributed by atoms with Gasteiger partial charge < -0.3 is 14.4 Å². The molecule has 34 heavy (non-hydrogen) atoms. The van der Waals surface area contributed by atoms with Crippen LogP contribution in [0, 0.1) is 0 Å². The Hall–Kier alpha value is -2.87. The Morgan fingerprint density at radius 3 is 2.53 bits per heavy atom. The lowest BCUT2D eigenvalue weighted by molar-refractivity contribution is 0.401. The Morgan fingerprint density at radius 2 is 1.85 bits per heavy atom. The van der Waals surface area contributed by atoms with E-state index in [9.17, 15) is 4.79 Å². The van der Waals surface area contributed by atoms with Crippen LogP contribution in [0.1, 0.15) is 56.8 Å². The number of anilines is 1. The van der Waals surface area contributed by atoms with Crippen LogP contribution in [0.4, 0.5) is 5.69 Å². The molecule has 0 spiro atoms. The maximum Gasteiger partial charge on any atom is 0.282 e. The molecule has 0 bridgehead atoms. The van der Waals surface area contributed by atoms with E-state index in [0.29, 0.717) is 22.5 Å². The third-order valence-electron chi connectivity index (χ3n) is 6.43. The average molecular weight is 527 g/mol. The summed E-state index contributed by atoms with van der Waals surface area (Å²) in [5, 5.41) is 5.12. The first-order chi connectivity index (χ1) is 16.5. The van der Waals surface area contributed by atoms with Gasteiger partial charge in [0.25, 0.3) is 5.56 Å². The summed E-state index contributed by atoms with van der Waals surface area (Å²) in [6.07, 6.45) is 6.08. The highest BCUT2D eigenvalue weighted by molar-refractivity contribution is 9.10. The second-order valence-electron chi connectivity index (χ2n) is 8.62. The summed E-state index contributed by atoms with van der Waals surface area (Å²) >= 11 is 3.45. The first-order valence-corrected chi connectivity index (χ1v) is 12.5. The summed E-state index contributed by atoms with van der Waals surface area (Å²) < 4.78 is 13.7. The highest BCUT2D eigenvalue weighted by Crippen LogP contribution is 2.36. The smallest absolute Gasteiger partial charge is 0.282 e. The lowest BCUT2D eigenvalue weighted by Gasteiger charge is -2.30. The zero-order chi connectivity index (χ0) is 24.2. The predicted octanol–water partition coefficient (Wildman–Crippen LogP) is 5.56. The van der Waals surface area contributed by atoms with Gasteiger partial charge in [0.05, 0.1) is 37.0 Å². The lowest BCUT2D eigenvalue weighted by Crippen LogP contribution is -2.29. The number of ether oxygens (including phenoxy) is 2.